The number of hydrogen-bond acceptors (Lipinski definition) is 3. The van der Waals surface area contributed by atoms with Gasteiger partial charge in [-0.1, -0.05) is 20.3 Å². The molecule has 1 aliphatic heterocycles. The molecule has 0 aromatic heterocycles. The van der Waals surface area contributed by atoms with Crippen molar-refractivity contribution in [2.75, 3.05) is 19.8 Å². The summed E-state index contributed by atoms with van der Waals surface area (Å²) in [5.41, 5.74) is 0. The zero-order valence-electron chi connectivity index (χ0n) is 11.3. The van der Waals surface area contributed by atoms with Crippen LogP contribution in [0.3, 0.4) is 0 Å². The number of carbonyl (C=O) groups excluding carboxylic acids is 1. The Morgan fingerprint density at radius 2 is 2.24 bits per heavy atom. The number of carbonyl (C=O) groups is 1. The number of rotatable bonds is 6. The summed E-state index contributed by atoms with van der Waals surface area (Å²) in [6.07, 6.45) is 3.27. The van der Waals surface area contributed by atoms with Crippen molar-refractivity contribution in [1.29, 1.82) is 0 Å². The first-order valence-corrected chi connectivity index (χ1v) is 6.76. The van der Waals surface area contributed by atoms with Gasteiger partial charge in [0.05, 0.1) is 18.7 Å². The zero-order valence-corrected chi connectivity index (χ0v) is 11.3. The number of nitrogens with one attached hydrogen (secondary N) is 2. The topological polar surface area (TPSA) is 50.4 Å². The van der Waals surface area contributed by atoms with Gasteiger partial charge < -0.3 is 15.4 Å². The fourth-order valence-electron chi connectivity index (χ4n) is 2.00. The van der Waals surface area contributed by atoms with E-state index in [9.17, 15) is 4.79 Å². The van der Waals surface area contributed by atoms with E-state index < -0.39 is 0 Å². The van der Waals surface area contributed by atoms with E-state index in [2.05, 4.69) is 24.5 Å². The van der Waals surface area contributed by atoms with E-state index in [0.29, 0.717) is 19.1 Å². The lowest BCUT2D eigenvalue weighted by Gasteiger charge is -2.27. The van der Waals surface area contributed by atoms with Crippen molar-refractivity contribution < 1.29 is 9.53 Å². The Kier molecular flexibility index (Phi) is 6.52. The van der Waals surface area contributed by atoms with Crippen LogP contribution >= 0.6 is 0 Å². The maximum atomic E-state index is 12.0. The summed E-state index contributed by atoms with van der Waals surface area (Å²) in [6, 6.07) is 0.109. The summed E-state index contributed by atoms with van der Waals surface area (Å²) in [5.74, 6) is 0.525. The summed E-state index contributed by atoms with van der Waals surface area (Å²) >= 11 is 0. The first kappa shape index (κ1) is 14.5. The van der Waals surface area contributed by atoms with Crippen LogP contribution in [0.1, 0.15) is 40.0 Å². The number of hydrogen-bond donors (Lipinski definition) is 2. The van der Waals surface area contributed by atoms with Crippen molar-refractivity contribution in [2.45, 2.75) is 52.1 Å². The Bertz CT molecular complexity index is 225. The van der Waals surface area contributed by atoms with Crippen LogP contribution in [0, 0.1) is 5.92 Å². The van der Waals surface area contributed by atoms with E-state index in [1.165, 1.54) is 6.42 Å². The molecule has 1 fully saturated rings. The fourth-order valence-corrected chi connectivity index (χ4v) is 2.00. The predicted octanol–water partition coefficient (Wildman–Crippen LogP) is 1.31. The van der Waals surface area contributed by atoms with Crippen molar-refractivity contribution in [3.8, 4) is 0 Å². The Morgan fingerprint density at radius 3 is 2.76 bits per heavy atom. The van der Waals surface area contributed by atoms with Gasteiger partial charge in [0, 0.05) is 6.61 Å². The lowest BCUT2D eigenvalue weighted by Crippen LogP contribution is -2.52. The largest absolute Gasteiger partial charge is 0.380 e. The van der Waals surface area contributed by atoms with Gasteiger partial charge in [-0.3, -0.25) is 4.79 Å². The third kappa shape index (κ3) is 5.04. The molecule has 0 spiro atoms. The first-order valence-electron chi connectivity index (χ1n) is 6.76. The SMILES string of the molecule is CCOCC(NC(=O)C1CCCCN1)C(C)C. The van der Waals surface area contributed by atoms with Crippen LogP contribution in [0.25, 0.3) is 0 Å². The maximum Gasteiger partial charge on any atom is 0.237 e. The van der Waals surface area contributed by atoms with Gasteiger partial charge in [0.25, 0.3) is 0 Å². The van der Waals surface area contributed by atoms with E-state index in [1.54, 1.807) is 0 Å². The maximum absolute atomic E-state index is 12.0. The molecule has 0 aromatic rings. The van der Waals surface area contributed by atoms with Gasteiger partial charge in [-0.2, -0.15) is 0 Å². The molecule has 0 aromatic carbocycles. The van der Waals surface area contributed by atoms with E-state index in [0.717, 1.165) is 19.4 Å². The number of amides is 1. The van der Waals surface area contributed by atoms with Gasteiger partial charge >= 0.3 is 0 Å². The average Bonchev–Trinajstić information content (AvgIpc) is 2.35. The van der Waals surface area contributed by atoms with Crippen molar-refractivity contribution in [3.63, 3.8) is 0 Å². The predicted molar refractivity (Wildman–Crippen MR) is 68.9 cm³/mol. The Labute approximate surface area is 104 Å². The van der Waals surface area contributed by atoms with E-state index >= 15 is 0 Å². The third-order valence-electron chi connectivity index (χ3n) is 3.26. The molecule has 0 radical (unpaired) electrons. The Hall–Kier alpha value is -0.610. The molecular formula is C13H26N2O2. The second kappa shape index (κ2) is 7.67. The monoisotopic (exact) mass is 242 g/mol. The fraction of sp³-hybridized carbons (Fsp3) is 0.923. The third-order valence-corrected chi connectivity index (χ3v) is 3.26. The number of ether oxygens (including phenoxy) is 1. The van der Waals surface area contributed by atoms with Gasteiger partial charge in [0.2, 0.25) is 5.91 Å². The van der Waals surface area contributed by atoms with Crippen molar-refractivity contribution in [1.82, 2.24) is 10.6 Å². The van der Waals surface area contributed by atoms with Crippen LogP contribution in [-0.4, -0.2) is 37.7 Å². The molecule has 1 heterocycles. The minimum Gasteiger partial charge on any atom is -0.380 e. The lowest BCUT2D eigenvalue weighted by molar-refractivity contribution is -0.125. The van der Waals surface area contributed by atoms with Crippen LogP contribution in [-0.2, 0) is 9.53 Å². The standard InChI is InChI=1S/C13H26N2O2/c1-4-17-9-12(10(2)3)15-13(16)11-7-5-6-8-14-11/h10-12,14H,4-9H2,1-3H3,(H,15,16). The molecule has 0 aliphatic carbocycles. The van der Waals surface area contributed by atoms with Gasteiger partial charge in [0.15, 0.2) is 0 Å². The highest BCUT2D eigenvalue weighted by atomic mass is 16.5. The molecule has 1 aliphatic rings. The van der Waals surface area contributed by atoms with Crippen LogP contribution in [0.4, 0.5) is 0 Å². The summed E-state index contributed by atoms with van der Waals surface area (Å²) in [5, 5.41) is 6.36. The molecule has 4 nitrogen and oxygen atoms in total. The van der Waals surface area contributed by atoms with Crippen molar-refractivity contribution >= 4 is 5.91 Å². The molecule has 2 unspecified atom stereocenters. The summed E-state index contributed by atoms with van der Waals surface area (Å²) < 4.78 is 5.41. The average molecular weight is 242 g/mol. The first-order chi connectivity index (χ1) is 8.15. The van der Waals surface area contributed by atoms with Gasteiger partial charge in [-0.15, -0.1) is 0 Å². The second-order valence-corrected chi connectivity index (χ2v) is 5.02. The van der Waals surface area contributed by atoms with Crippen molar-refractivity contribution in [3.05, 3.63) is 0 Å². The van der Waals surface area contributed by atoms with Gasteiger partial charge in [-0.25, -0.2) is 0 Å². The summed E-state index contributed by atoms with van der Waals surface area (Å²) in [4.78, 5) is 12.0. The minimum atomic E-state index is -0.00775. The molecule has 0 bridgehead atoms. The summed E-state index contributed by atoms with van der Waals surface area (Å²) in [6.45, 7) is 8.45. The minimum absolute atomic E-state index is 0.00775. The molecule has 2 N–H and O–H groups in total. The van der Waals surface area contributed by atoms with Crippen LogP contribution < -0.4 is 10.6 Å². The van der Waals surface area contributed by atoms with Crippen LogP contribution in [0.5, 0.6) is 0 Å². The van der Waals surface area contributed by atoms with Crippen LogP contribution in [0.2, 0.25) is 0 Å². The van der Waals surface area contributed by atoms with Gasteiger partial charge in [-0.05, 0) is 32.2 Å². The Morgan fingerprint density at radius 1 is 1.47 bits per heavy atom. The highest BCUT2D eigenvalue weighted by Gasteiger charge is 2.24. The molecule has 2 atom stereocenters. The van der Waals surface area contributed by atoms with E-state index in [-0.39, 0.29) is 18.0 Å². The molecule has 4 heteroatoms. The molecule has 17 heavy (non-hydrogen) atoms. The highest BCUT2D eigenvalue weighted by molar-refractivity contribution is 5.82. The van der Waals surface area contributed by atoms with Crippen LogP contribution in [0.15, 0.2) is 0 Å². The molecule has 0 saturated carbocycles. The molecular weight excluding hydrogens is 216 g/mol. The molecule has 1 rings (SSSR count). The smallest absolute Gasteiger partial charge is 0.237 e. The lowest BCUT2D eigenvalue weighted by atomic mass is 10.0. The molecule has 1 saturated heterocycles. The Balaban J connectivity index is 2.39. The summed E-state index contributed by atoms with van der Waals surface area (Å²) in [7, 11) is 0. The van der Waals surface area contributed by atoms with E-state index in [4.69, 9.17) is 4.74 Å². The second-order valence-electron chi connectivity index (χ2n) is 5.02. The van der Waals surface area contributed by atoms with Crippen molar-refractivity contribution in [2.24, 2.45) is 5.92 Å². The normalized spacial score (nSPS) is 22.5. The molecule has 1 amide bonds. The number of piperidine rings is 1. The molecule has 100 valence electrons. The zero-order chi connectivity index (χ0) is 12.7. The highest BCUT2D eigenvalue weighted by Crippen LogP contribution is 2.09. The van der Waals surface area contributed by atoms with Gasteiger partial charge in [0.1, 0.15) is 0 Å². The quantitative estimate of drug-likeness (QED) is 0.738. The van der Waals surface area contributed by atoms with E-state index in [1.807, 2.05) is 6.92 Å².